The van der Waals surface area contributed by atoms with E-state index in [4.69, 9.17) is 0 Å². The molecule has 2 saturated heterocycles. The van der Waals surface area contributed by atoms with Crippen LogP contribution in [0.5, 0.6) is 0 Å². The average molecular weight is 309 g/mol. The summed E-state index contributed by atoms with van der Waals surface area (Å²) in [6, 6.07) is 0.496. The van der Waals surface area contributed by atoms with Gasteiger partial charge in [0.25, 0.3) is 0 Å². The molecule has 2 fully saturated rings. The highest BCUT2D eigenvalue weighted by molar-refractivity contribution is 5.76. The molecule has 0 aromatic heterocycles. The Labute approximate surface area is 137 Å². The summed E-state index contributed by atoms with van der Waals surface area (Å²) < 4.78 is 0. The van der Waals surface area contributed by atoms with Gasteiger partial charge in [-0.05, 0) is 62.9 Å². The number of amides is 1. The lowest BCUT2D eigenvalue weighted by Gasteiger charge is -2.34. The molecule has 0 bridgehead atoms. The second-order valence-corrected chi connectivity index (χ2v) is 7.99. The third-order valence-corrected chi connectivity index (χ3v) is 5.63. The van der Waals surface area contributed by atoms with Crippen molar-refractivity contribution in [3.63, 3.8) is 0 Å². The lowest BCUT2D eigenvalue weighted by Crippen LogP contribution is -2.42. The zero-order valence-electron chi connectivity index (χ0n) is 14.9. The standard InChI is InChI=1S/C19H36N2O/c1-15(2)13-18-7-5-4-6-12-21(18)19(22)14-16(3)17-8-10-20-11-9-17/h15-18,20H,4-14H2,1-3H3. The normalized spacial score (nSPS) is 26.0. The predicted octanol–water partition coefficient (Wildman–Crippen LogP) is 3.83. The summed E-state index contributed by atoms with van der Waals surface area (Å²) in [5.41, 5.74) is 0. The minimum Gasteiger partial charge on any atom is -0.340 e. The second-order valence-electron chi connectivity index (χ2n) is 7.99. The van der Waals surface area contributed by atoms with Crippen LogP contribution in [0, 0.1) is 17.8 Å². The van der Waals surface area contributed by atoms with Gasteiger partial charge in [0, 0.05) is 19.0 Å². The van der Waals surface area contributed by atoms with Crippen LogP contribution >= 0.6 is 0 Å². The number of hydrogen-bond donors (Lipinski definition) is 1. The molecule has 2 heterocycles. The van der Waals surface area contributed by atoms with Crippen molar-refractivity contribution in [1.82, 2.24) is 10.2 Å². The first-order valence-electron chi connectivity index (χ1n) is 9.58. The molecule has 22 heavy (non-hydrogen) atoms. The molecular weight excluding hydrogens is 272 g/mol. The lowest BCUT2D eigenvalue weighted by atomic mass is 9.83. The minimum atomic E-state index is 0.429. The molecule has 1 amide bonds. The lowest BCUT2D eigenvalue weighted by molar-refractivity contribution is -0.135. The van der Waals surface area contributed by atoms with Gasteiger partial charge < -0.3 is 10.2 Å². The molecule has 3 heteroatoms. The summed E-state index contributed by atoms with van der Waals surface area (Å²) in [5.74, 6) is 2.39. The number of hydrogen-bond acceptors (Lipinski definition) is 2. The number of nitrogens with zero attached hydrogens (tertiary/aromatic N) is 1. The molecule has 0 saturated carbocycles. The SMILES string of the molecule is CC(C)CC1CCCCCN1C(=O)CC(C)C1CCNCC1. The van der Waals surface area contributed by atoms with Crippen LogP contribution in [0.2, 0.25) is 0 Å². The van der Waals surface area contributed by atoms with Gasteiger partial charge in [-0.3, -0.25) is 4.79 Å². The van der Waals surface area contributed by atoms with Crippen LogP contribution in [0.15, 0.2) is 0 Å². The fourth-order valence-electron chi connectivity index (χ4n) is 4.27. The first-order valence-corrected chi connectivity index (χ1v) is 9.58. The summed E-state index contributed by atoms with van der Waals surface area (Å²) in [6.07, 6.45) is 9.42. The molecule has 3 nitrogen and oxygen atoms in total. The third-order valence-electron chi connectivity index (χ3n) is 5.63. The quantitative estimate of drug-likeness (QED) is 0.837. The summed E-state index contributed by atoms with van der Waals surface area (Å²) in [5, 5.41) is 3.43. The number of nitrogens with one attached hydrogen (secondary N) is 1. The van der Waals surface area contributed by atoms with Crippen LogP contribution < -0.4 is 5.32 Å². The Kier molecular flexibility index (Phi) is 7.20. The molecular formula is C19H36N2O. The molecule has 2 atom stereocenters. The highest BCUT2D eigenvalue weighted by Gasteiger charge is 2.29. The summed E-state index contributed by atoms with van der Waals surface area (Å²) in [6.45, 7) is 10.1. The molecule has 0 aromatic rings. The van der Waals surface area contributed by atoms with E-state index in [-0.39, 0.29) is 0 Å². The van der Waals surface area contributed by atoms with Gasteiger partial charge in [0.15, 0.2) is 0 Å². The Morgan fingerprint density at radius 3 is 2.50 bits per heavy atom. The Morgan fingerprint density at radius 1 is 1.09 bits per heavy atom. The van der Waals surface area contributed by atoms with Gasteiger partial charge in [0.05, 0.1) is 0 Å². The van der Waals surface area contributed by atoms with Gasteiger partial charge in [0.2, 0.25) is 5.91 Å². The molecule has 0 spiro atoms. The summed E-state index contributed by atoms with van der Waals surface area (Å²) in [4.78, 5) is 15.2. The average Bonchev–Trinajstić information content (AvgIpc) is 2.73. The predicted molar refractivity (Wildman–Crippen MR) is 92.8 cm³/mol. The molecule has 0 aromatic carbocycles. The maximum atomic E-state index is 12.9. The number of carbonyl (C=O) groups excluding carboxylic acids is 1. The van der Waals surface area contributed by atoms with Crippen molar-refractivity contribution in [2.75, 3.05) is 19.6 Å². The van der Waals surface area contributed by atoms with Crippen LogP contribution in [-0.2, 0) is 4.79 Å². The van der Waals surface area contributed by atoms with Gasteiger partial charge >= 0.3 is 0 Å². The number of piperidine rings is 1. The van der Waals surface area contributed by atoms with Gasteiger partial charge in [-0.1, -0.05) is 33.6 Å². The maximum Gasteiger partial charge on any atom is 0.223 e. The van der Waals surface area contributed by atoms with Crippen molar-refractivity contribution in [2.45, 2.75) is 78.2 Å². The van der Waals surface area contributed by atoms with Crippen molar-refractivity contribution >= 4 is 5.91 Å². The van der Waals surface area contributed by atoms with E-state index in [0.717, 1.165) is 32.0 Å². The van der Waals surface area contributed by atoms with E-state index in [0.29, 0.717) is 23.8 Å². The summed E-state index contributed by atoms with van der Waals surface area (Å²) in [7, 11) is 0. The van der Waals surface area contributed by atoms with Crippen molar-refractivity contribution in [2.24, 2.45) is 17.8 Å². The van der Waals surface area contributed by atoms with Crippen LogP contribution in [0.3, 0.4) is 0 Å². The van der Waals surface area contributed by atoms with Gasteiger partial charge in [-0.15, -0.1) is 0 Å². The fourth-order valence-corrected chi connectivity index (χ4v) is 4.27. The van der Waals surface area contributed by atoms with Crippen LogP contribution in [0.25, 0.3) is 0 Å². The second kappa shape index (κ2) is 8.90. The van der Waals surface area contributed by atoms with Gasteiger partial charge in [-0.2, -0.15) is 0 Å². The maximum absolute atomic E-state index is 12.9. The first-order chi connectivity index (χ1) is 10.6. The molecule has 2 unspecified atom stereocenters. The fraction of sp³-hybridized carbons (Fsp3) is 0.947. The first kappa shape index (κ1) is 17.8. The van der Waals surface area contributed by atoms with E-state index in [1.807, 2.05) is 0 Å². The van der Waals surface area contributed by atoms with Crippen molar-refractivity contribution in [3.05, 3.63) is 0 Å². The van der Waals surface area contributed by atoms with E-state index in [9.17, 15) is 4.79 Å². The molecule has 2 aliphatic heterocycles. The van der Waals surface area contributed by atoms with Crippen LogP contribution in [-0.4, -0.2) is 36.5 Å². The van der Waals surface area contributed by atoms with Gasteiger partial charge in [-0.25, -0.2) is 0 Å². The molecule has 0 radical (unpaired) electrons. The van der Waals surface area contributed by atoms with E-state index >= 15 is 0 Å². The smallest absolute Gasteiger partial charge is 0.223 e. The van der Waals surface area contributed by atoms with Crippen molar-refractivity contribution in [3.8, 4) is 0 Å². The Balaban J connectivity index is 1.91. The van der Waals surface area contributed by atoms with E-state index in [1.54, 1.807) is 0 Å². The number of carbonyl (C=O) groups is 1. The van der Waals surface area contributed by atoms with Crippen LogP contribution in [0.4, 0.5) is 0 Å². The molecule has 128 valence electrons. The van der Waals surface area contributed by atoms with Crippen molar-refractivity contribution in [1.29, 1.82) is 0 Å². The van der Waals surface area contributed by atoms with E-state index < -0.39 is 0 Å². The molecule has 1 N–H and O–H groups in total. The molecule has 2 aliphatic rings. The number of likely N-dealkylation sites (tertiary alicyclic amines) is 1. The van der Waals surface area contributed by atoms with Crippen LogP contribution in [0.1, 0.15) is 72.1 Å². The van der Waals surface area contributed by atoms with E-state index in [2.05, 4.69) is 31.0 Å². The van der Waals surface area contributed by atoms with E-state index in [1.165, 1.54) is 44.9 Å². The minimum absolute atomic E-state index is 0.429. The monoisotopic (exact) mass is 308 g/mol. The molecule has 2 rings (SSSR count). The number of rotatable bonds is 5. The highest BCUT2D eigenvalue weighted by atomic mass is 16.2. The summed E-state index contributed by atoms with van der Waals surface area (Å²) >= 11 is 0. The molecule has 0 aliphatic carbocycles. The Bertz CT molecular complexity index is 336. The highest BCUT2D eigenvalue weighted by Crippen LogP contribution is 2.28. The zero-order chi connectivity index (χ0) is 15.9. The zero-order valence-corrected chi connectivity index (χ0v) is 14.9. The van der Waals surface area contributed by atoms with Gasteiger partial charge in [0.1, 0.15) is 0 Å². The van der Waals surface area contributed by atoms with Crippen molar-refractivity contribution < 1.29 is 4.79 Å². The Morgan fingerprint density at radius 2 is 1.82 bits per heavy atom. The topological polar surface area (TPSA) is 32.3 Å². The largest absolute Gasteiger partial charge is 0.340 e. The third kappa shape index (κ3) is 5.26. The Hall–Kier alpha value is -0.570.